The van der Waals surface area contributed by atoms with Crippen LogP contribution in [0.2, 0.25) is 5.02 Å². The zero-order chi connectivity index (χ0) is 17.7. The summed E-state index contributed by atoms with van der Waals surface area (Å²) in [5.41, 5.74) is 1.69. The topological polar surface area (TPSA) is 29.8 Å². The first-order valence-corrected chi connectivity index (χ1v) is 10.7. The molecule has 0 radical (unpaired) electrons. The molecule has 2 N–H and O–H groups in total. The average molecular weight is 371 g/mol. The first kappa shape index (κ1) is 16.9. The number of nitrogens with two attached hydrogens (primary N) is 1. The Balaban J connectivity index is 1.25. The lowest BCUT2D eigenvalue weighted by molar-refractivity contribution is -0.718. The zero-order valence-electron chi connectivity index (χ0n) is 15.6. The SMILES string of the molecule is C[C@H]([NH2+]Cc1ccc(-c2ccc(Cl)cc2)o1)C12CC3CC(CC(C3)C1)C2. The molecule has 0 unspecified atom stereocenters. The van der Waals surface area contributed by atoms with Crippen LogP contribution in [0.4, 0.5) is 0 Å². The van der Waals surface area contributed by atoms with Crippen molar-refractivity contribution in [2.24, 2.45) is 23.2 Å². The van der Waals surface area contributed by atoms with E-state index in [0.29, 0.717) is 11.5 Å². The van der Waals surface area contributed by atoms with Crippen molar-refractivity contribution in [3.05, 3.63) is 47.2 Å². The maximum absolute atomic E-state index is 6.10. The Hall–Kier alpha value is -1.25. The fraction of sp³-hybridized carbons (Fsp3) is 0.565. The highest BCUT2D eigenvalue weighted by Crippen LogP contribution is 2.60. The Morgan fingerprint density at radius 1 is 1.00 bits per heavy atom. The van der Waals surface area contributed by atoms with Crippen LogP contribution in [-0.4, -0.2) is 6.04 Å². The molecule has 3 heteroatoms. The summed E-state index contributed by atoms with van der Waals surface area (Å²) in [4.78, 5) is 0. The lowest BCUT2D eigenvalue weighted by atomic mass is 9.48. The van der Waals surface area contributed by atoms with Gasteiger partial charge < -0.3 is 9.73 Å². The molecule has 6 rings (SSSR count). The maximum Gasteiger partial charge on any atom is 0.158 e. The van der Waals surface area contributed by atoms with Gasteiger partial charge in [-0.3, -0.25) is 0 Å². The summed E-state index contributed by atoms with van der Waals surface area (Å²) in [6.07, 6.45) is 9.00. The number of quaternary nitrogens is 1. The van der Waals surface area contributed by atoms with Gasteiger partial charge in [0.1, 0.15) is 12.3 Å². The monoisotopic (exact) mass is 370 g/mol. The third-order valence-electron chi connectivity index (χ3n) is 7.51. The molecule has 4 aliphatic rings. The van der Waals surface area contributed by atoms with Gasteiger partial charge in [-0.2, -0.15) is 0 Å². The van der Waals surface area contributed by atoms with Gasteiger partial charge in [-0.25, -0.2) is 0 Å². The second-order valence-electron chi connectivity index (χ2n) is 9.28. The van der Waals surface area contributed by atoms with E-state index in [1.807, 2.05) is 24.3 Å². The first-order chi connectivity index (χ1) is 12.6. The van der Waals surface area contributed by atoms with E-state index in [-0.39, 0.29) is 0 Å². The molecule has 4 saturated carbocycles. The minimum absolute atomic E-state index is 0.598. The van der Waals surface area contributed by atoms with Crippen LogP contribution in [0, 0.1) is 23.2 Å². The van der Waals surface area contributed by atoms with Crippen LogP contribution in [0.3, 0.4) is 0 Å². The summed E-state index contributed by atoms with van der Waals surface area (Å²) in [6.45, 7) is 3.41. The van der Waals surface area contributed by atoms with Crippen molar-refractivity contribution in [1.82, 2.24) is 0 Å². The maximum atomic E-state index is 6.10. The van der Waals surface area contributed by atoms with Crippen LogP contribution in [0.25, 0.3) is 11.3 Å². The average Bonchev–Trinajstić information content (AvgIpc) is 3.08. The third-order valence-corrected chi connectivity index (χ3v) is 7.77. The molecule has 2 aromatic rings. The van der Waals surface area contributed by atoms with Crippen LogP contribution in [0.1, 0.15) is 51.2 Å². The predicted octanol–water partition coefficient (Wildman–Crippen LogP) is 5.27. The molecular formula is C23H29ClNO+. The highest BCUT2D eigenvalue weighted by molar-refractivity contribution is 6.30. The van der Waals surface area contributed by atoms with Gasteiger partial charge in [0, 0.05) is 16.0 Å². The third kappa shape index (κ3) is 3.01. The molecule has 0 aliphatic heterocycles. The normalized spacial score (nSPS) is 33.5. The summed E-state index contributed by atoms with van der Waals surface area (Å²) in [5, 5.41) is 3.30. The predicted molar refractivity (Wildman–Crippen MR) is 105 cm³/mol. The molecule has 4 fully saturated rings. The smallest absolute Gasteiger partial charge is 0.158 e. The number of hydrogen-bond donors (Lipinski definition) is 1. The van der Waals surface area contributed by atoms with E-state index in [1.165, 1.54) is 38.5 Å². The zero-order valence-corrected chi connectivity index (χ0v) is 16.3. The van der Waals surface area contributed by atoms with Crippen molar-refractivity contribution in [3.63, 3.8) is 0 Å². The van der Waals surface area contributed by atoms with Gasteiger partial charge in [-0.05, 0) is 99.6 Å². The van der Waals surface area contributed by atoms with Gasteiger partial charge in [0.25, 0.3) is 0 Å². The van der Waals surface area contributed by atoms with E-state index in [4.69, 9.17) is 16.0 Å². The van der Waals surface area contributed by atoms with Gasteiger partial charge in [-0.1, -0.05) is 11.6 Å². The van der Waals surface area contributed by atoms with Crippen molar-refractivity contribution in [2.45, 2.75) is 58.0 Å². The lowest BCUT2D eigenvalue weighted by Crippen LogP contribution is -2.91. The van der Waals surface area contributed by atoms with Gasteiger partial charge in [-0.15, -0.1) is 0 Å². The molecule has 0 amide bonds. The summed E-state index contributed by atoms with van der Waals surface area (Å²) < 4.78 is 6.10. The molecule has 1 aromatic heterocycles. The van der Waals surface area contributed by atoms with Crippen LogP contribution in [0.15, 0.2) is 40.8 Å². The van der Waals surface area contributed by atoms with Crippen molar-refractivity contribution >= 4 is 11.6 Å². The minimum Gasteiger partial charge on any atom is -0.455 e. The van der Waals surface area contributed by atoms with Crippen molar-refractivity contribution < 1.29 is 9.73 Å². The van der Waals surface area contributed by atoms with Crippen LogP contribution in [0.5, 0.6) is 0 Å². The Bertz CT molecular complexity index is 742. The van der Waals surface area contributed by atoms with Crippen LogP contribution in [-0.2, 0) is 6.54 Å². The van der Waals surface area contributed by atoms with E-state index in [9.17, 15) is 0 Å². The van der Waals surface area contributed by atoms with Gasteiger partial charge in [0.05, 0.1) is 6.04 Å². The molecule has 138 valence electrons. The van der Waals surface area contributed by atoms with Gasteiger partial charge in [0.15, 0.2) is 5.76 Å². The number of benzene rings is 1. The number of rotatable bonds is 5. The molecule has 1 heterocycles. The van der Waals surface area contributed by atoms with E-state index in [1.54, 1.807) is 0 Å². The molecule has 1 aromatic carbocycles. The molecule has 4 aliphatic carbocycles. The number of hydrogen-bond acceptors (Lipinski definition) is 1. The largest absolute Gasteiger partial charge is 0.455 e. The lowest BCUT2D eigenvalue weighted by Gasteiger charge is -2.57. The molecule has 26 heavy (non-hydrogen) atoms. The summed E-state index contributed by atoms with van der Waals surface area (Å²) in [6, 6.07) is 12.8. The van der Waals surface area contributed by atoms with Crippen LogP contribution >= 0.6 is 11.6 Å². The van der Waals surface area contributed by atoms with Crippen molar-refractivity contribution in [1.29, 1.82) is 0 Å². The molecule has 1 atom stereocenters. The second-order valence-corrected chi connectivity index (χ2v) is 9.72. The number of furan rings is 1. The summed E-state index contributed by atoms with van der Waals surface area (Å²) in [7, 11) is 0. The van der Waals surface area contributed by atoms with Crippen LogP contribution < -0.4 is 5.32 Å². The Kier molecular flexibility index (Phi) is 4.17. The van der Waals surface area contributed by atoms with E-state index < -0.39 is 0 Å². The van der Waals surface area contributed by atoms with Gasteiger partial charge >= 0.3 is 0 Å². The Morgan fingerprint density at radius 2 is 1.62 bits per heavy atom. The Morgan fingerprint density at radius 3 is 2.23 bits per heavy atom. The van der Waals surface area contributed by atoms with Crippen molar-refractivity contribution in [2.75, 3.05) is 0 Å². The molecule has 0 spiro atoms. The fourth-order valence-corrected chi connectivity index (χ4v) is 6.66. The fourth-order valence-electron chi connectivity index (χ4n) is 6.54. The quantitative estimate of drug-likeness (QED) is 0.763. The highest BCUT2D eigenvalue weighted by atomic mass is 35.5. The summed E-state index contributed by atoms with van der Waals surface area (Å²) >= 11 is 5.98. The standard InChI is InChI=1S/C23H28ClNO/c1-15(23-11-16-8-17(12-23)10-18(9-16)13-23)25-14-21-6-7-22(26-21)19-2-4-20(24)5-3-19/h2-7,15-18,25H,8-14H2,1H3/p+1/t15-,16?,17?,18?,23?/m0/s1. The molecular weight excluding hydrogens is 342 g/mol. The molecule has 2 nitrogen and oxygen atoms in total. The second kappa shape index (κ2) is 6.42. The van der Waals surface area contributed by atoms with Gasteiger partial charge in [0.2, 0.25) is 0 Å². The molecule has 4 bridgehead atoms. The Labute approximate surface area is 161 Å². The first-order valence-electron chi connectivity index (χ1n) is 10.3. The number of halogens is 1. The van der Waals surface area contributed by atoms with E-state index >= 15 is 0 Å². The summed E-state index contributed by atoms with van der Waals surface area (Å²) in [5.74, 6) is 5.09. The van der Waals surface area contributed by atoms with E-state index in [0.717, 1.165) is 46.4 Å². The molecule has 0 saturated heterocycles. The van der Waals surface area contributed by atoms with Crippen molar-refractivity contribution in [3.8, 4) is 11.3 Å². The minimum atomic E-state index is 0.598. The highest BCUT2D eigenvalue weighted by Gasteiger charge is 2.54. The van der Waals surface area contributed by atoms with E-state index in [2.05, 4.69) is 24.4 Å².